The van der Waals surface area contributed by atoms with Gasteiger partial charge < -0.3 is 15.4 Å². The number of hydrogen-bond donors (Lipinski definition) is 1. The maximum absolute atomic E-state index is 11.9. The van der Waals surface area contributed by atoms with Crippen LogP contribution in [0.25, 0.3) is 0 Å². The largest absolute Gasteiger partial charge is 0.479 e. The Bertz CT molecular complexity index is 455. The first-order valence-electron chi connectivity index (χ1n) is 6.36. The van der Waals surface area contributed by atoms with Crippen LogP contribution in [0.5, 0.6) is 5.75 Å². The van der Waals surface area contributed by atoms with Crippen LogP contribution in [0.4, 0.5) is 5.69 Å². The average Bonchev–Trinajstić information content (AvgIpc) is 2.38. The Morgan fingerprint density at radius 3 is 2.83 bits per heavy atom. The van der Waals surface area contributed by atoms with Crippen molar-refractivity contribution in [3.63, 3.8) is 0 Å². The molecule has 0 aromatic heterocycles. The minimum Gasteiger partial charge on any atom is -0.479 e. The second kappa shape index (κ2) is 4.98. The second-order valence-electron chi connectivity index (χ2n) is 4.73. The molecule has 0 saturated heterocycles. The number of likely N-dealkylation sites (N-methyl/N-ethyl adjacent to an activating group) is 1. The fourth-order valence-electron chi connectivity index (χ4n) is 2.32. The molecule has 4 heteroatoms. The predicted molar refractivity (Wildman–Crippen MR) is 72.0 cm³/mol. The van der Waals surface area contributed by atoms with Gasteiger partial charge in [0.1, 0.15) is 5.75 Å². The lowest BCUT2D eigenvalue weighted by molar-refractivity contribution is -0.125. The van der Waals surface area contributed by atoms with Gasteiger partial charge in [-0.15, -0.1) is 0 Å². The predicted octanol–water partition coefficient (Wildman–Crippen LogP) is 1.88. The van der Waals surface area contributed by atoms with Crippen LogP contribution in [0.15, 0.2) is 18.2 Å². The standard InChI is InChI=1S/C14H20N2O2/c1-4-10(8-15)11-5-6-13-12(7-11)16(3)14(17)9(2)18-13/h5-7,9-10H,4,8,15H2,1-3H3. The lowest BCUT2D eigenvalue weighted by atomic mass is 9.95. The zero-order valence-corrected chi connectivity index (χ0v) is 11.1. The maximum Gasteiger partial charge on any atom is 0.267 e. The lowest BCUT2D eigenvalue weighted by Crippen LogP contribution is -2.42. The lowest BCUT2D eigenvalue weighted by Gasteiger charge is -2.31. The van der Waals surface area contributed by atoms with Crippen LogP contribution in [0.1, 0.15) is 31.7 Å². The van der Waals surface area contributed by atoms with E-state index in [1.807, 2.05) is 18.2 Å². The van der Waals surface area contributed by atoms with Gasteiger partial charge in [-0.1, -0.05) is 13.0 Å². The first kappa shape index (κ1) is 12.9. The van der Waals surface area contributed by atoms with Crippen LogP contribution in [0.2, 0.25) is 0 Å². The van der Waals surface area contributed by atoms with Gasteiger partial charge >= 0.3 is 0 Å². The number of rotatable bonds is 3. The Balaban J connectivity index is 2.40. The molecule has 1 aromatic rings. The minimum absolute atomic E-state index is 0.0135. The third-order valence-corrected chi connectivity index (χ3v) is 3.58. The van der Waals surface area contributed by atoms with E-state index < -0.39 is 6.10 Å². The molecule has 0 radical (unpaired) electrons. The zero-order chi connectivity index (χ0) is 13.3. The number of carbonyl (C=O) groups is 1. The van der Waals surface area contributed by atoms with Crippen LogP contribution >= 0.6 is 0 Å². The van der Waals surface area contributed by atoms with E-state index in [1.165, 1.54) is 0 Å². The van der Waals surface area contributed by atoms with Crippen molar-refractivity contribution in [1.29, 1.82) is 0 Å². The number of ether oxygens (including phenoxy) is 1. The van der Waals surface area contributed by atoms with Gasteiger partial charge in [0, 0.05) is 7.05 Å². The normalized spacial score (nSPS) is 20.3. The molecule has 2 N–H and O–H groups in total. The van der Waals surface area contributed by atoms with Crippen molar-refractivity contribution in [2.75, 3.05) is 18.5 Å². The zero-order valence-electron chi connectivity index (χ0n) is 11.1. The van der Waals surface area contributed by atoms with Crippen molar-refractivity contribution in [1.82, 2.24) is 0 Å². The number of amides is 1. The quantitative estimate of drug-likeness (QED) is 0.888. The summed E-state index contributed by atoms with van der Waals surface area (Å²) in [4.78, 5) is 13.5. The molecule has 1 aliphatic heterocycles. The first-order valence-corrected chi connectivity index (χ1v) is 6.36. The highest BCUT2D eigenvalue weighted by Crippen LogP contribution is 2.36. The van der Waals surface area contributed by atoms with Crippen molar-refractivity contribution < 1.29 is 9.53 Å². The van der Waals surface area contributed by atoms with Crippen LogP contribution in [-0.4, -0.2) is 25.6 Å². The molecule has 0 aliphatic carbocycles. The van der Waals surface area contributed by atoms with E-state index in [-0.39, 0.29) is 5.91 Å². The monoisotopic (exact) mass is 248 g/mol. The van der Waals surface area contributed by atoms with Crippen molar-refractivity contribution in [2.24, 2.45) is 5.73 Å². The third kappa shape index (κ3) is 2.08. The number of nitrogens with zero attached hydrogens (tertiary/aromatic N) is 1. The van der Waals surface area contributed by atoms with Crippen LogP contribution in [-0.2, 0) is 4.79 Å². The van der Waals surface area contributed by atoms with Crippen molar-refractivity contribution in [3.05, 3.63) is 23.8 Å². The molecule has 98 valence electrons. The third-order valence-electron chi connectivity index (χ3n) is 3.58. The topological polar surface area (TPSA) is 55.6 Å². The van der Waals surface area contributed by atoms with Gasteiger partial charge in [0.05, 0.1) is 5.69 Å². The van der Waals surface area contributed by atoms with Crippen LogP contribution < -0.4 is 15.4 Å². The highest BCUT2D eigenvalue weighted by atomic mass is 16.5. The summed E-state index contributed by atoms with van der Waals surface area (Å²) < 4.78 is 5.59. The summed E-state index contributed by atoms with van der Waals surface area (Å²) in [5.74, 6) is 1.08. The van der Waals surface area contributed by atoms with Gasteiger partial charge in [0.2, 0.25) is 0 Å². The Morgan fingerprint density at radius 1 is 1.50 bits per heavy atom. The van der Waals surface area contributed by atoms with E-state index in [1.54, 1.807) is 18.9 Å². The van der Waals surface area contributed by atoms with Crippen molar-refractivity contribution >= 4 is 11.6 Å². The van der Waals surface area contributed by atoms with Gasteiger partial charge in [-0.2, -0.15) is 0 Å². The summed E-state index contributed by atoms with van der Waals surface area (Å²) in [7, 11) is 1.79. The van der Waals surface area contributed by atoms with Crippen LogP contribution in [0.3, 0.4) is 0 Å². The van der Waals surface area contributed by atoms with Crippen molar-refractivity contribution in [2.45, 2.75) is 32.3 Å². The van der Waals surface area contributed by atoms with E-state index in [2.05, 4.69) is 6.92 Å². The fraction of sp³-hybridized carbons (Fsp3) is 0.500. The Kier molecular flexibility index (Phi) is 3.57. The van der Waals surface area contributed by atoms with Gasteiger partial charge in [0.15, 0.2) is 6.10 Å². The number of benzene rings is 1. The molecule has 0 saturated carbocycles. The van der Waals surface area contributed by atoms with Crippen LogP contribution in [0, 0.1) is 0 Å². The van der Waals surface area contributed by atoms with Gasteiger partial charge in [-0.05, 0) is 43.5 Å². The summed E-state index contributed by atoms with van der Waals surface area (Å²) >= 11 is 0. The van der Waals surface area contributed by atoms with Gasteiger partial charge in [-0.25, -0.2) is 0 Å². The molecule has 1 aliphatic rings. The molecule has 0 bridgehead atoms. The summed E-state index contributed by atoms with van der Waals surface area (Å²) in [6.07, 6.45) is 0.578. The van der Waals surface area contributed by atoms with Gasteiger partial charge in [0.25, 0.3) is 5.91 Å². The smallest absolute Gasteiger partial charge is 0.267 e. The Labute approximate surface area is 108 Å². The van der Waals surface area contributed by atoms with E-state index in [4.69, 9.17) is 10.5 Å². The van der Waals surface area contributed by atoms with E-state index >= 15 is 0 Å². The number of hydrogen-bond acceptors (Lipinski definition) is 3. The molecule has 1 aromatic carbocycles. The van der Waals surface area contributed by atoms with Crippen molar-refractivity contribution in [3.8, 4) is 5.75 Å². The second-order valence-corrected chi connectivity index (χ2v) is 4.73. The molecule has 2 rings (SSSR count). The summed E-state index contributed by atoms with van der Waals surface area (Å²) in [5.41, 5.74) is 7.76. The molecule has 1 heterocycles. The minimum atomic E-state index is -0.412. The Morgan fingerprint density at radius 2 is 2.22 bits per heavy atom. The highest BCUT2D eigenvalue weighted by Gasteiger charge is 2.29. The van der Waals surface area contributed by atoms with E-state index in [0.29, 0.717) is 12.5 Å². The number of carbonyl (C=O) groups excluding carboxylic acids is 1. The summed E-state index contributed by atoms with van der Waals surface area (Å²) in [6.45, 7) is 4.50. The molecular weight excluding hydrogens is 228 g/mol. The van der Waals surface area contributed by atoms with E-state index in [9.17, 15) is 4.79 Å². The Hall–Kier alpha value is -1.55. The van der Waals surface area contributed by atoms with E-state index in [0.717, 1.165) is 23.4 Å². The molecule has 0 spiro atoms. The fourth-order valence-corrected chi connectivity index (χ4v) is 2.32. The molecule has 18 heavy (non-hydrogen) atoms. The molecular formula is C14H20N2O2. The highest BCUT2D eigenvalue weighted by molar-refractivity contribution is 5.99. The molecule has 4 nitrogen and oxygen atoms in total. The molecule has 2 atom stereocenters. The maximum atomic E-state index is 11.9. The molecule has 0 fully saturated rings. The summed E-state index contributed by atoms with van der Waals surface area (Å²) in [6, 6.07) is 5.98. The summed E-state index contributed by atoms with van der Waals surface area (Å²) in [5, 5.41) is 0. The number of nitrogens with two attached hydrogens (primary N) is 1. The SMILES string of the molecule is CCC(CN)c1ccc2c(c1)N(C)C(=O)C(C)O2. The molecule has 1 amide bonds. The number of fused-ring (bicyclic) bond motifs is 1. The molecule has 2 unspecified atom stereocenters. The first-order chi connectivity index (χ1) is 8.58. The number of anilines is 1. The average molecular weight is 248 g/mol. The van der Waals surface area contributed by atoms with Gasteiger partial charge in [-0.3, -0.25) is 4.79 Å².